The average Bonchev–Trinajstić information content (AvgIpc) is 2.72. The Labute approximate surface area is 173 Å². The molecule has 29 heavy (non-hydrogen) atoms. The number of carbonyl (C=O) groups is 1. The van der Waals surface area contributed by atoms with E-state index < -0.39 is 0 Å². The highest BCUT2D eigenvalue weighted by Gasteiger charge is 2.47. The number of likely N-dealkylation sites (tertiary alicyclic amines) is 2. The number of carbonyl (C=O) groups excluding carboxylic acids is 1. The molecule has 0 saturated carbocycles. The Balaban J connectivity index is 1.40. The predicted octanol–water partition coefficient (Wildman–Crippen LogP) is 3.78. The number of ether oxygens (including phenoxy) is 1. The molecule has 2 aromatic rings. The van der Waals surface area contributed by atoms with Crippen molar-refractivity contribution in [3.8, 4) is 5.75 Å². The normalized spacial score (nSPS) is 23.1. The highest BCUT2D eigenvalue weighted by Crippen LogP contribution is 2.36. The van der Waals surface area contributed by atoms with Crippen LogP contribution in [0.15, 0.2) is 48.8 Å². The zero-order valence-electron chi connectivity index (χ0n) is 17.6. The Morgan fingerprint density at radius 2 is 1.86 bits per heavy atom. The number of hydrogen-bond acceptors (Lipinski definition) is 4. The lowest BCUT2D eigenvalue weighted by molar-refractivity contribution is -0.0983. The Morgan fingerprint density at radius 3 is 2.52 bits per heavy atom. The topological polar surface area (TPSA) is 45.7 Å². The molecule has 1 aromatic carbocycles. The van der Waals surface area contributed by atoms with Gasteiger partial charge in [0.25, 0.3) is 5.91 Å². The van der Waals surface area contributed by atoms with Crippen LogP contribution in [-0.2, 0) is 0 Å². The number of rotatable bonds is 5. The van der Waals surface area contributed by atoms with Crippen LogP contribution in [0, 0.1) is 12.8 Å². The molecular formula is C24H31N3O2. The summed E-state index contributed by atoms with van der Waals surface area (Å²) < 4.78 is 6.33. The summed E-state index contributed by atoms with van der Waals surface area (Å²) in [5, 5.41) is 0. The second-order valence-corrected chi connectivity index (χ2v) is 8.57. The van der Waals surface area contributed by atoms with Gasteiger partial charge in [0.15, 0.2) is 0 Å². The van der Waals surface area contributed by atoms with Crippen molar-refractivity contribution < 1.29 is 9.53 Å². The molecule has 1 aromatic heterocycles. The lowest BCUT2D eigenvalue weighted by Crippen LogP contribution is -2.68. The molecule has 2 saturated heterocycles. The van der Waals surface area contributed by atoms with Gasteiger partial charge in [-0.1, -0.05) is 18.2 Å². The smallest absolute Gasteiger partial charge is 0.255 e. The van der Waals surface area contributed by atoms with E-state index in [-0.39, 0.29) is 12.0 Å². The number of aryl methyl sites for hydroxylation is 1. The summed E-state index contributed by atoms with van der Waals surface area (Å²) >= 11 is 0. The van der Waals surface area contributed by atoms with Gasteiger partial charge in [-0.15, -0.1) is 0 Å². The fourth-order valence-electron chi connectivity index (χ4n) is 4.73. The Kier molecular flexibility index (Phi) is 5.86. The molecule has 2 aliphatic rings. The summed E-state index contributed by atoms with van der Waals surface area (Å²) in [5.74, 6) is 1.62. The molecule has 0 N–H and O–H groups in total. The molecule has 2 atom stereocenters. The van der Waals surface area contributed by atoms with E-state index in [4.69, 9.17) is 4.74 Å². The molecule has 0 aliphatic carbocycles. The summed E-state index contributed by atoms with van der Waals surface area (Å²) in [5.41, 5.74) is 1.72. The number of aromatic nitrogens is 1. The van der Waals surface area contributed by atoms with Crippen LogP contribution in [0.25, 0.3) is 0 Å². The fraction of sp³-hybridized carbons (Fsp3) is 0.500. The molecular weight excluding hydrogens is 362 g/mol. The van der Waals surface area contributed by atoms with Crippen LogP contribution >= 0.6 is 0 Å². The molecule has 2 aliphatic heterocycles. The van der Waals surface area contributed by atoms with Crippen LogP contribution in [0.5, 0.6) is 5.75 Å². The van der Waals surface area contributed by atoms with Gasteiger partial charge in [0.05, 0.1) is 11.6 Å². The number of nitrogens with zero attached hydrogens (tertiary/aromatic N) is 3. The summed E-state index contributed by atoms with van der Waals surface area (Å²) in [7, 11) is 0. The molecule has 5 heteroatoms. The minimum Gasteiger partial charge on any atom is -0.487 e. The third-order valence-electron chi connectivity index (χ3n) is 6.43. The van der Waals surface area contributed by atoms with E-state index in [0.717, 1.165) is 49.4 Å². The van der Waals surface area contributed by atoms with Crippen molar-refractivity contribution in [2.75, 3.05) is 19.6 Å². The van der Waals surface area contributed by atoms with Gasteiger partial charge in [0.1, 0.15) is 11.9 Å². The minimum absolute atomic E-state index is 0.112. The monoisotopic (exact) mass is 393 g/mol. The highest BCUT2D eigenvalue weighted by molar-refractivity contribution is 5.95. The zero-order chi connectivity index (χ0) is 20.4. The molecule has 2 fully saturated rings. The van der Waals surface area contributed by atoms with Crippen molar-refractivity contribution in [2.24, 2.45) is 5.92 Å². The SMILES string of the molecule is Cc1ccncc1C(=O)N1CCC([C@H]2[C@@H](Oc3ccccc3)CN2C(C)C)CC1. The highest BCUT2D eigenvalue weighted by atomic mass is 16.5. The summed E-state index contributed by atoms with van der Waals surface area (Å²) in [6, 6.07) is 13.0. The van der Waals surface area contributed by atoms with Crippen molar-refractivity contribution in [2.45, 2.75) is 51.8 Å². The van der Waals surface area contributed by atoms with Crippen molar-refractivity contribution >= 4 is 5.91 Å². The lowest BCUT2D eigenvalue weighted by Gasteiger charge is -2.54. The first-order valence-electron chi connectivity index (χ1n) is 10.7. The largest absolute Gasteiger partial charge is 0.487 e. The average molecular weight is 394 g/mol. The van der Waals surface area contributed by atoms with Crippen molar-refractivity contribution in [3.05, 3.63) is 59.9 Å². The molecule has 0 unspecified atom stereocenters. The molecule has 4 rings (SSSR count). The summed E-state index contributed by atoms with van der Waals surface area (Å²) in [6.45, 7) is 9.08. The first kappa shape index (κ1) is 19.9. The standard InChI is InChI=1S/C24H31N3O2/c1-17(2)27-16-22(29-20-7-5-4-6-8-20)23(27)19-10-13-26(14-11-19)24(28)21-15-25-12-9-18(21)3/h4-9,12,15,17,19,22-23H,10-11,13-14,16H2,1-3H3/t22-,23-/m0/s1. The van der Waals surface area contributed by atoms with Gasteiger partial charge in [-0.2, -0.15) is 0 Å². The molecule has 3 heterocycles. The molecule has 1 amide bonds. The first-order chi connectivity index (χ1) is 14.0. The van der Waals surface area contributed by atoms with E-state index >= 15 is 0 Å². The zero-order valence-corrected chi connectivity index (χ0v) is 17.6. The third-order valence-corrected chi connectivity index (χ3v) is 6.43. The first-order valence-corrected chi connectivity index (χ1v) is 10.7. The number of pyridine rings is 1. The van der Waals surface area contributed by atoms with Gasteiger partial charge in [0.2, 0.25) is 0 Å². The maximum atomic E-state index is 12.9. The Hall–Kier alpha value is -2.40. The van der Waals surface area contributed by atoms with E-state index in [9.17, 15) is 4.79 Å². The summed E-state index contributed by atoms with van der Waals surface area (Å²) in [4.78, 5) is 21.6. The number of piperidine rings is 1. The quantitative estimate of drug-likeness (QED) is 0.776. The van der Waals surface area contributed by atoms with E-state index in [2.05, 4.69) is 23.7 Å². The lowest BCUT2D eigenvalue weighted by atomic mass is 9.79. The van der Waals surface area contributed by atoms with Crippen molar-refractivity contribution in [3.63, 3.8) is 0 Å². The van der Waals surface area contributed by atoms with E-state index in [0.29, 0.717) is 18.0 Å². The number of benzene rings is 1. The number of hydrogen-bond donors (Lipinski definition) is 0. The van der Waals surface area contributed by atoms with Gasteiger partial charge >= 0.3 is 0 Å². The maximum Gasteiger partial charge on any atom is 0.255 e. The molecule has 5 nitrogen and oxygen atoms in total. The fourth-order valence-corrected chi connectivity index (χ4v) is 4.73. The van der Waals surface area contributed by atoms with Crippen molar-refractivity contribution in [1.82, 2.24) is 14.8 Å². The third kappa shape index (κ3) is 4.15. The van der Waals surface area contributed by atoms with Gasteiger partial charge in [-0.05, 0) is 63.3 Å². The molecule has 0 bridgehead atoms. The van der Waals surface area contributed by atoms with E-state index in [1.807, 2.05) is 48.2 Å². The minimum atomic E-state index is 0.112. The van der Waals surface area contributed by atoms with Gasteiger partial charge in [0, 0.05) is 38.1 Å². The van der Waals surface area contributed by atoms with Gasteiger partial charge < -0.3 is 9.64 Å². The van der Waals surface area contributed by atoms with Gasteiger partial charge in [-0.3, -0.25) is 14.7 Å². The van der Waals surface area contributed by atoms with Gasteiger partial charge in [-0.25, -0.2) is 0 Å². The van der Waals surface area contributed by atoms with Crippen LogP contribution in [0.2, 0.25) is 0 Å². The van der Waals surface area contributed by atoms with E-state index in [1.165, 1.54) is 0 Å². The molecule has 0 spiro atoms. The Bertz CT molecular complexity index is 831. The second-order valence-electron chi connectivity index (χ2n) is 8.57. The maximum absolute atomic E-state index is 12.9. The van der Waals surface area contributed by atoms with Crippen LogP contribution < -0.4 is 4.74 Å². The summed E-state index contributed by atoms with van der Waals surface area (Å²) in [6.07, 6.45) is 5.70. The number of amides is 1. The van der Waals surface area contributed by atoms with Crippen LogP contribution in [0.1, 0.15) is 42.6 Å². The van der Waals surface area contributed by atoms with Crippen LogP contribution in [0.4, 0.5) is 0 Å². The second kappa shape index (κ2) is 8.54. The van der Waals surface area contributed by atoms with Crippen molar-refractivity contribution in [1.29, 1.82) is 0 Å². The van der Waals surface area contributed by atoms with E-state index in [1.54, 1.807) is 12.4 Å². The van der Waals surface area contributed by atoms with Crippen LogP contribution in [0.3, 0.4) is 0 Å². The number of para-hydroxylation sites is 1. The Morgan fingerprint density at radius 1 is 1.14 bits per heavy atom. The molecule has 0 radical (unpaired) electrons. The van der Waals surface area contributed by atoms with Crippen LogP contribution in [-0.4, -0.2) is 58.5 Å². The predicted molar refractivity (Wildman–Crippen MR) is 114 cm³/mol. The molecule has 154 valence electrons.